The van der Waals surface area contributed by atoms with E-state index in [0.717, 1.165) is 10.8 Å². The lowest BCUT2D eigenvalue weighted by molar-refractivity contribution is -0.138. The van der Waals surface area contributed by atoms with Crippen LogP contribution in [0, 0.1) is 0 Å². The number of anilines is 2. The summed E-state index contributed by atoms with van der Waals surface area (Å²) in [6, 6.07) is 9.85. The standard InChI is InChI=1S/C15H16N2O2S/c1-3-9-17(12-7-5-4-6-8-12)15-16-13(10-20-15)11(2)14(18)19/h3-8,10-11H,1,9H2,2H3,(H,18,19). The zero-order valence-electron chi connectivity index (χ0n) is 11.2. The molecule has 1 unspecified atom stereocenters. The zero-order chi connectivity index (χ0) is 14.5. The summed E-state index contributed by atoms with van der Waals surface area (Å²) in [5, 5.41) is 11.6. The smallest absolute Gasteiger partial charge is 0.312 e. The molecule has 1 aromatic carbocycles. The summed E-state index contributed by atoms with van der Waals surface area (Å²) in [4.78, 5) is 17.5. The van der Waals surface area contributed by atoms with Gasteiger partial charge >= 0.3 is 5.97 Å². The predicted octanol–water partition coefficient (Wildman–Crippen LogP) is 3.66. The number of aliphatic carboxylic acids is 1. The maximum atomic E-state index is 11.0. The number of nitrogens with zero attached hydrogens (tertiary/aromatic N) is 2. The van der Waals surface area contributed by atoms with E-state index in [1.54, 1.807) is 18.4 Å². The number of carboxylic acids is 1. The Kier molecular flexibility index (Phi) is 4.53. The van der Waals surface area contributed by atoms with E-state index < -0.39 is 11.9 Å². The van der Waals surface area contributed by atoms with Crippen molar-refractivity contribution in [1.29, 1.82) is 0 Å². The highest BCUT2D eigenvalue weighted by Crippen LogP contribution is 2.30. The van der Waals surface area contributed by atoms with E-state index >= 15 is 0 Å². The van der Waals surface area contributed by atoms with Gasteiger partial charge in [-0.25, -0.2) is 4.98 Å². The maximum Gasteiger partial charge on any atom is 0.312 e. The van der Waals surface area contributed by atoms with Crippen molar-refractivity contribution >= 4 is 28.1 Å². The fourth-order valence-electron chi connectivity index (χ4n) is 1.76. The van der Waals surface area contributed by atoms with E-state index in [0.29, 0.717) is 12.2 Å². The molecule has 2 rings (SSSR count). The first kappa shape index (κ1) is 14.3. The molecule has 0 fully saturated rings. The lowest BCUT2D eigenvalue weighted by atomic mass is 10.1. The summed E-state index contributed by atoms with van der Waals surface area (Å²) in [6.45, 7) is 6.03. The maximum absolute atomic E-state index is 11.0. The van der Waals surface area contributed by atoms with Crippen molar-refractivity contribution in [2.45, 2.75) is 12.8 Å². The van der Waals surface area contributed by atoms with Gasteiger partial charge in [0.05, 0.1) is 11.6 Å². The van der Waals surface area contributed by atoms with Crippen LogP contribution in [0.3, 0.4) is 0 Å². The first-order chi connectivity index (χ1) is 9.63. The molecule has 5 heteroatoms. The molecule has 0 aliphatic heterocycles. The molecule has 0 aliphatic carbocycles. The van der Waals surface area contributed by atoms with Gasteiger partial charge in [-0.2, -0.15) is 0 Å². The third kappa shape index (κ3) is 3.05. The van der Waals surface area contributed by atoms with Gasteiger partial charge in [0.1, 0.15) is 0 Å². The SMILES string of the molecule is C=CCN(c1ccccc1)c1nc(C(C)C(=O)O)cs1. The lowest BCUT2D eigenvalue weighted by Gasteiger charge is -2.20. The number of rotatable bonds is 6. The van der Waals surface area contributed by atoms with Gasteiger partial charge in [-0.15, -0.1) is 17.9 Å². The monoisotopic (exact) mass is 288 g/mol. The molecule has 4 nitrogen and oxygen atoms in total. The summed E-state index contributed by atoms with van der Waals surface area (Å²) in [7, 11) is 0. The lowest BCUT2D eigenvalue weighted by Crippen LogP contribution is -2.17. The summed E-state index contributed by atoms with van der Waals surface area (Å²) in [5.74, 6) is -1.46. The van der Waals surface area contributed by atoms with Gasteiger partial charge in [0.25, 0.3) is 0 Å². The second kappa shape index (κ2) is 6.34. The minimum atomic E-state index is -0.864. The molecule has 0 bridgehead atoms. The van der Waals surface area contributed by atoms with Crippen LogP contribution in [0.1, 0.15) is 18.5 Å². The van der Waals surface area contributed by atoms with Gasteiger partial charge in [0, 0.05) is 17.6 Å². The number of carbonyl (C=O) groups is 1. The van der Waals surface area contributed by atoms with Crippen LogP contribution in [0.15, 0.2) is 48.4 Å². The first-order valence-electron chi connectivity index (χ1n) is 6.25. The molecule has 1 atom stereocenters. The summed E-state index contributed by atoms with van der Waals surface area (Å²) >= 11 is 1.44. The molecule has 104 valence electrons. The topological polar surface area (TPSA) is 53.4 Å². The quantitative estimate of drug-likeness (QED) is 0.824. The molecule has 20 heavy (non-hydrogen) atoms. The molecule has 0 spiro atoms. The second-order valence-electron chi connectivity index (χ2n) is 4.35. The Hall–Kier alpha value is -2.14. The van der Waals surface area contributed by atoms with E-state index in [9.17, 15) is 4.79 Å². The minimum Gasteiger partial charge on any atom is -0.481 e. The Bertz CT molecular complexity index is 595. The highest BCUT2D eigenvalue weighted by atomic mass is 32.1. The van der Waals surface area contributed by atoms with Gasteiger partial charge in [-0.1, -0.05) is 24.3 Å². The number of hydrogen-bond acceptors (Lipinski definition) is 4. The van der Waals surface area contributed by atoms with Gasteiger partial charge in [0.2, 0.25) is 0 Å². The van der Waals surface area contributed by atoms with E-state index in [4.69, 9.17) is 5.11 Å². The Morgan fingerprint density at radius 3 is 2.80 bits per heavy atom. The van der Waals surface area contributed by atoms with E-state index in [1.165, 1.54) is 11.3 Å². The van der Waals surface area contributed by atoms with Crippen LogP contribution in [-0.4, -0.2) is 22.6 Å². The number of carboxylic acid groups (broad SMARTS) is 1. The molecular weight excluding hydrogens is 272 g/mol. The third-order valence-corrected chi connectivity index (χ3v) is 3.82. The summed E-state index contributed by atoms with van der Waals surface area (Å²) < 4.78 is 0. The van der Waals surface area contributed by atoms with Crippen LogP contribution in [0.2, 0.25) is 0 Å². The van der Waals surface area contributed by atoms with E-state index in [2.05, 4.69) is 11.6 Å². The summed E-state index contributed by atoms with van der Waals surface area (Å²) in [5.41, 5.74) is 1.60. The van der Waals surface area contributed by atoms with E-state index in [1.807, 2.05) is 35.2 Å². The van der Waals surface area contributed by atoms with Crippen molar-refractivity contribution in [3.63, 3.8) is 0 Å². The van der Waals surface area contributed by atoms with Crippen LogP contribution in [0.5, 0.6) is 0 Å². The average Bonchev–Trinajstić information content (AvgIpc) is 2.94. The number of hydrogen-bond donors (Lipinski definition) is 1. The fraction of sp³-hybridized carbons (Fsp3) is 0.200. The molecule has 0 radical (unpaired) electrons. The highest BCUT2D eigenvalue weighted by molar-refractivity contribution is 7.13. The molecule has 0 aliphatic rings. The highest BCUT2D eigenvalue weighted by Gasteiger charge is 2.19. The third-order valence-electron chi connectivity index (χ3n) is 2.93. The van der Waals surface area contributed by atoms with Crippen molar-refractivity contribution in [3.8, 4) is 0 Å². The Labute approximate surface area is 122 Å². The number of benzene rings is 1. The van der Waals surface area contributed by atoms with Crippen LogP contribution < -0.4 is 4.90 Å². The second-order valence-corrected chi connectivity index (χ2v) is 5.19. The largest absolute Gasteiger partial charge is 0.481 e. The number of aromatic nitrogens is 1. The van der Waals surface area contributed by atoms with Crippen LogP contribution in [0.25, 0.3) is 0 Å². The molecule has 0 amide bonds. The minimum absolute atomic E-state index is 0.586. The summed E-state index contributed by atoms with van der Waals surface area (Å²) in [6.07, 6.45) is 1.80. The first-order valence-corrected chi connectivity index (χ1v) is 7.13. The number of thiazole rings is 1. The van der Waals surface area contributed by atoms with Gasteiger partial charge in [0.15, 0.2) is 5.13 Å². The number of para-hydroxylation sites is 1. The molecule has 1 heterocycles. The fourth-order valence-corrected chi connectivity index (χ4v) is 2.70. The average molecular weight is 288 g/mol. The van der Waals surface area contributed by atoms with Gasteiger partial charge in [-0.05, 0) is 19.1 Å². The Morgan fingerprint density at radius 2 is 2.20 bits per heavy atom. The van der Waals surface area contributed by atoms with Crippen molar-refractivity contribution in [2.24, 2.45) is 0 Å². The molecular formula is C15H16N2O2S. The van der Waals surface area contributed by atoms with Crippen LogP contribution in [-0.2, 0) is 4.79 Å². The van der Waals surface area contributed by atoms with Crippen LogP contribution >= 0.6 is 11.3 Å². The normalized spacial score (nSPS) is 11.8. The van der Waals surface area contributed by atoms with E-state index in [-0.39, 0.29) is 0 Å². The molecule has 0 saturated carbocycles. The van der Waals surface area contributed by atoms with Crippen molar-refractivity contribution in [2.75, 3.05) is 11.4 Å². The predicted molar refractivity (Wildman–Crippen MR) is 81.8 cm³/mol. The molecule has 0 saturated heterocycles. The molecule has 2 aromatic rings. The van der Waals surface area contributed by atoms with Crippen molar-refractivity contribution in [3.05, 3.63) is 54.1 Å². The van der Waals surface area contributed by atoms with Gasteiger partial charge < -0.3 is 10.0 Å². The Morgan fingerprint density at radius 1 is 1.50 bits per heavy atom. The van der Waals surface area contributed by atoms with Gasteiger partial charge in [-0.3, -0.25) is 4.79 Å². The molecule has 1 aromatic heterocycles. The molecule has 1 N–H and O–H groups in total. The Balaban J connectivity index is 2.31. The van der Waals surface area contributed by atoms with Crippen LogP contribution in [0.4, 0.5) is 10.8 Å². The van der Waals surface area contributed by atoms with Crippen molar-refractivity contribution in [1.82, 2.24) is 4.98 Å². The zero-order valence-corrected chi connectivity index (χ0v) is 12.0. The van der Waals surface area contributed by atoms with Crippen molar-refractivity contribution < 1.29 is 9.90 Å².